The smallest absolute Gasteiger partial charge is 0.123 e. The second-order valence-electron chi connectivity index (χ2n) is 7.14. The van der Waals surface area contributed by atoms with Crippen LogP contribution in [0.2, 0.25) is 0 Å². The number of benzene rings is 1. The van der Waals surface area contributed by atoms with Gasteiger partial charge < -0.3 is 9.30 Å². The second-order valence-corrected chi connectivity index (χ2v) is 7.14. The lowest BCUT2D eigenvalue weighted by Gasteiger charge is -2.25. The highest BCUT2D eigenvalue weighted by Gasteiger charge is 2.16. The molecule has 0 bridgehead atoms. The molecule has 1 atom stereocenters. The summed E-state index contributed by atoms with van der Waals surface area (Å²) in [6, 6.07) is 10.6. The molecule has 24 heavy (non-hydrogen) atoms. The van der Waals surface area contributed by atoms with Crippen molar-refractivity contribution in [2.45, 2.75) is 45.9 Å². The molecule has 0 spiro atoms. The summed E-state index contributed by atoms with van der Waals surface area (Å²) in [5.41, 5.74) is 3.77. The molecule has 1 unspecified atom stereocenters. The van der Waals surface area contributed by atoms with E-state index in [-0.39, 0.29) is 17.5 Å². The van der Waals surface area contributed by atoms with Crippen molar-refractivity contribution in [3.8, 4) is 11.1 Å². The summed E-state index contributed by atoms with van der Waals surface area (Å²) < 4.78 is 21.3. The number of fused-ring (bicyclic) bond motifs is 1. The predicted octanol–water partition coefficient (Wildman–Crippen LogP) is 5.05. The summed E-state index contributed by atoms with van der Waals surface area (Å²) in [6.07, 6.45) is 3.96. The van der Waals surface area contributed by atoms with Gasteiger partial charge in [0.2, 0.25) is 0 Å². The summed E-state index contributed by atoms with van der Waals surface area (Å²) >= 11 is 0. The summed E-state index contributed by atoms with van der Waals surface area (Å²) in [7, 11) is 0. The predicted molar refractivity (Wildman–Crippen MR) is 95.4 cm³/mol. The number of hydrogen-bond acceptors (Lipinski definition) is 2. The maximum atomic E-state index is 13.1. The SMILES string of the molecule is CC(Cn1ccc2ncc(-c3ccc(F)cc3)cc21)OC(C)(C)C. The van der Waals surface area contributed by atoms with Gasteiger partial charge >= 0.3 is 0 Å². The topological polar surface area (TPSA) is 27.1 Å². The molecule has 0 aliphatic rings. The third-order valence-corrected chi connectivity index (χ3v) is 3.81. The monoisotopic (exact) mass is 326 g/mol. The molecule has 2 aromatic heterocycles. The fourth-order valence-electron chi connectivity index (χ4n) is 2.94. The summed E-state index contributed by atoms with van der Waals surface area (Å²) in [4.78, 5) is 4.53. The Morgan fingerprint density at radius 2 is 1.83 bits per heavy atom. The lowest BCUT2D eigenvalue weighted by atomic mass is 10.1. The third-order valence-electron chi connectivity index (χ3n) is 3.81. The molecule has 0 aliphatic heterocycles. The van der Waals surface area contributed by atoms with Gasteiger partial charge in [-0.15, -0.1) is 0 Å². The van der Waals surface area contributed by atoms with Gasteiger partial charge in [-0.1, -0.05) is 12.1 Å². The molecule has 3 rings (SSSR count). The van der Waals surface area contributed by atoms with Crippen LogP contribution in [0.5, 0.6) is 0 Å². The van der Waals surface area contributed by atoms with Crippen molar-refractivity contribution in [1.82, 2.24) is 9.55 Å². The van der Waals surface area contributed by atoms with E-state index in [0.29, 0.717) is 0 Å². The zero-order valence-electron chi connectivity index (χ0n) is 14.6. The molecule has 0 radical (unpaired) electrons. The number of aromatic nitrogens is 2. The van der Waals surface area contributed by atoms with Crippen molar-refractivity contribution in [3.05, 3.63) is 54.6 Å². The van der Waals surface area contributed by atoms with Gasteiger partial charge in [0, 0.05) is 24.5 Å². The molecule has 2 heterocycles. The summed E-state index contributed by atoms with van der Waals surface area (Å²) in [6.45, 7) is 9.02. The van der Waals surface area contributed by atoms with Crippen LogP contribution < -0.4 is 0 Å². The van der Waals surface area contributed by atoms with Crippen LogP contribution in [0.4, 0.5) is 4.39 Å². The van der Waals surface area contributed by atoms with Gasteiger partial charge in [-0.2, -0.15) is 0 Å². The fourth-order valence-corrected chi connectivity index (χ4v) is 2.94. The van der Waals surface area contributed by atoms with E-state index < -0.39 is 0 Å². The van der Waals surface area contributed by atoms with E-state index >= 15 is 0 Å². The number of ether oxygens (including phenoxy) is 1. The summed E-state index contributed by atoms with van der Waals surface area (Å²) in [5, 5.41) is 0. The largest absolute Gasteiger partial charge is 0.371 e. The average Bonchev–Trinajstić information content (AvgIpc) is 2.88. The van der Waals surface area contributed by atoms with Crippen molar-refractivity contribution in [1.29, 1.82) is 0 Å². The van der Waals surface area contributed by atoms with Crippen LogP contribution >= 0.6 is 0 Å². The molecule has 4 heteroatoms. The number of nitrogens with zero attached hydrogens (tertiary/aromatic N) is 2. The van der Waals surface area contributed by atoms with Gasteiger partial charge in [-0.25, -0.2) is 4.39 Å². The first-order chi connectivity index (χ1) is 11.3. The van der Waals surface area contributed by atoms with Crippen LogP contribution in [0.1, 0.15) is 27.7 Å². The first-order valence-electron chi connectivity index (χ1n) is 8.20. The Hall–Kier alpha value is -2.20. The summed E-state index contributed by atoms with van der Waals surface area (Å²) in [5.74, 6) is -0.232. The van der Waals surface area contributed by atoms with Gasteiger partial charge in [-0.05, 0) is 57.5 Å². The van der Waals surface area contributed by atoms with Gasteiger partial charge in [0.25, 0.3) is 0 Å². The fraction of sp³-hybridized carbons (Fsp3) is 0.350. The van der Waals surface area contributed by atoms with E-state index in [2.05, 4.69) is 43.3 Å². The lowest BCUT2D eigenvalue weighted by Crippen LogP contribution is -2.28. The molecular weight excluding hydrogens is 303 g/mol. The molecule has 0 saturated carbocycles. The van der Waals surface area contributed by atoms with Crippen molar-refractivity contribution in [2.75, 3.05) is 0 Å². The number of halogens is 1. The Labute approximate surface area is 142 Å². The van der Waals surface area contributed by atoms with Gasteiger partial charge in [0.05, 0.1) is 22.7 Å². The first-order valence-corrected chi connectivity index (χ1v) is 8.20. The zero-order valence-corrected chi connectivity index (χ0v) is 14.6. The minimum absolute atomic E-state index is 0.0927. The molecule has 3 nitrogen and oxygen atoms in total. The molecule has 0 N–H and O–H groups in total. The van der Waals surface area contributed by atoms with Gasteiger partial charge in [0.15, 0.2) is 0 Å². The Bertz CT molecular complexity index is 831. The van der Waals surface area contributed by atoms with Crippen LogP contribution in [0.15, 0.2) is 48.8 Å². The highest BCUT2D eigenvalue weighted by atomic mass is 19.1. The standard InChI is InChI=1S/C20H23FN2O/c1-14(24-20(2,3)4)13-23-10-9-18-19(23)11-16(12-22-18)15-5-7-17(21)8-6-15/h5-12,14H,13H2,1-4H3. The van der Waals surface area contributed by atoms with Crippen molar-refractivity contribution < 1.29 is 9.13 Å². The van der Waals surface area contributed by atoms with Crippen molar-refractivity contribution in [2.24, 2.45) is 0 Å². The minimum atomic E-state index is -0.232. The normalized spacial score (nSPS) is 13.4. The van der Waals surface area contributed by atoms with Crippen molar-refractivity contribution >= 4 is 11.0 Å². The number of rotatable bonds is 4. The van der Waals surface area contributed by atoms with E-state index in [9.17, 15) is 4.39 Å². The van der Waals surface area contributed by atoms with Crippen molar-refractivity contribution in [3.63, 3.8) is 0 Å². The molecule has 3 aromatic rings. The van der Waals surface area contributed by atoms with Crippen LogP contribution in [0.3, 0.4) is 0 Å². The minimum Gasteiger partial charge on any atom is -0.371 e. The maximum Gasteiger partial charge on any atom is 0.123 e. The molecule has 126 valence electrons. The second kappa shape index (κ2) is 6.36. The Kier molecular flexibility index (Phi) is 4.41. The Balaban J connectivity index is 1.90. The molecule has 0 aliphatic carbocycles. The van der Waals surface area contributed by atoms with E-state index in [1.165, 1.54) is 12.1 Å². The van der Waals surface area contributed by atoms with Crippen LogP contribution in [-0.4, -0.2) is 21.3 Å². The highest BCUT2D eigenvalue weighted by Crippen LogP contribution is 2.24. The number of pyridine rings is 1. The van der Waals surface area contributed by atoms with E-state index in [4.69, 9.17) is 4.74 Å². The quantitative estimate of drug-likeness (QED) is 0.671. The first kappa shape index (κ1) is 16.7. The molecule has 0 amide bonds. The maximum absolute atomic E-state index is 13.1. The van der Waals surface area contributed by atoms with E-state index in [1.807, 2.05) is 18.5 Å². The van der Waals surface area contributed by atoms with Crippen LogP contribution in [0.25, 0.3) is 22.2 Å². The third kappa shape index (κ3) is 3.82. The molecular formula is C20H23FN2O. The Morgan fingerprint density at radius 3 is 2.50 bits per heavy atom. The van der Waals surface area contributed by atoms with Gasteiger partial charge in [-0.3, -0.25) is 4.98 Å². The van der Waals surface area contributed by atoms with Crippen LogP contribution in [0, 0.1) is 5.82 Å². The zero-order chi connectivity index (χ0) is 17.3. The molecule has 1 aromatic carbocycles. The average molecular weight is 326 g/mol. The Morgan fingerprint density at radius 1 is 1.12 bits per heavy atom. The van der Waals surface area contributed by atoms with Crippen LogP contribution in [-0.2, 0) is 11.3 Å². The number of hydrogen-bond donors (Lipinski definition) is 0. The molecule has 0 saturated heterocycles. The molecule has 0 fully saturated rings. The van der Waals surface area contributed by atoms with E-state index in [0.717, 1.165) is 28.7 Å². The van der Waals surface area contributed by atoms with E-state index in [1.54, 1.807) is 12.1 Å². The lowest BCUT2D eigenvalue weighted by molar-refractivity contribution is -0.0570. The highest BCUT2D eigenvalue weighted by molar-refractivity contribution is 5.81. The van der Waals surface area contributed by atoms with Gasteiger partial charge in [0.1, 0.15) is 5.82 Å².